The predicted molar refractivity (Wildman–Crippen MR) is 186 cm³/mol. The summed E-state index contributed by atoms with van der Waals surface area (Å²) in [6.07, 6.45) is 1.63. The highest BCUT2D eigenvalue weighted by Gasteiger charge is 2.39. The van der Waals surface area contributed by atoms with E-state index in [1.165, 1.54) is 6.20 Å². The van der Waals surface area contributed by atoms with Gasteiger partial charge in [0.15, 0.2) is 25.5 Å². The van der Waals surface area contributed by atoms with Crippen molar-refractivity contribution in [1.82, 2.24) is 19.9 Å². The molecule has 1 fully saturated rings. The largest absolute Gasteiger partial charge is 0.497 e. The minimum Gasteiger partial charge on any atom is -0.497 e. The lowest BCUT2D eigenvalue weighted by Gasteiger charge is -2.35. The van der Waals surface area contributed by atoms with Crippen molar-refractivity contribution in [1.29, 1.82) is 0 Å². The lowest BCUT2D eigenvalue weighted by Crippen LogP contribution is -2.40. The molecule has 3 heterocycles. The SMILES string of the molecule is COc1ccc(CN(C)c2cc(N3CCc4c(C#CCO[Si](C)(C)C(C)(C)C)cccc43)nn3c(C(=O)N[C@@H]4C[C@@H]4F)cnc23)cc1. The van der Waals surface area contributed by atoms with Crippen molar-refractivity contribution in [2.75, 3.05) is 37.1 Å². The van der Waals surface area contributed by atoms with Crippen molar-refractivity contribution in [3.63, 3.8) is 0 Å². The van der Waals surface area contributed by atoms with Crippen molar-refractivity contribution in [2.24, 2.45) is 0 Å². The van der Waals surface area contributed by atoms with E-state index in [-0.39, 0.29) is 10.7 Å². The number of halogens is 1. The highest BCUT2D eigenvalue weighted by molar-refractivity contribution is 6.74. The molecule has 2 aromatic heterocycles. The Morgan fingerprint density at radius 1 is 1.19 bits per heavy atom. The second kappa shape index (κ2) is 12.7. The Kier molecular flexibility index (Phi) is 8.76. The van der Waals surface area contributed by atoms with Gasteiger partial charge in [-0.05, 0) is 59.9 Å². The van der Waals surface area contributed by atoms with Crippen LogP contribution in [0.3, 0.4) is 0 Å². The van der Waals surface area contributed by atoms with Gasteiger partial charge < -0.3 is 24.3 Å². The molecule has 0 radical (unpaired) electrons. The molecule has 11 heteroatoms. The molecule has 0 unspecified atom stereocenters. The molecule has 2 aliphatic rings. The zero-order chi connectivity index (χ0) is 33.5. The maximum absolute atomic E-state index is 13.7. The molecule has 1 amide bonds. The molecule has 9 nitrogen and oxygen atoms in total. The number of anilines is 3. The van der Waals surface area contributed by atoms with Gasteiger partial charge in [0.25, 0.3) is 5.91 Å². The number of hydrogen-bond acceptors (Lipinski definition) is 7. The van der Waals surface area contributed by atoms with Gasteiger partial charge in [-0.2, -0.15) is 0 Å². The van der Waals surface area contributed by atoms with Crippen molar-refractivity contribution >= 4 is 37.1 Å². The number of imidazole rings is 1. The fourth-order valence-electron chi connectivity index (χ4n) is 5.51. The van der Waals surface area contributed by atoms with Crippen LogP contribution in [-0.2, 0) is 17.4 Å². The Morgan fingerprint density at radius 2 is 1.94 bits per heavy atom. The lowest BCUT2D eigenvalue weighted by atomic mass is 10.1. The van der Waals surface area contributed by atoms with Crippen LogP contribution in [0.4, 0.5) is 21.6 Å². The monoisotopic (exact) mass is 654 g/mol. The molecule has 246 valence electrons. The average molecular weight is 655 g/mol. The Morgan fingerprint density at radius 3 is 2.62 bits per heavy atom. The number of nitrogens with one attached hydrogen (secondary N) is 1. The molecule has 1 N–H and O–H groups in total. The minimum atomic E-state index is -1.88. The number of ether oxygens (including phenoxy) is 1. The third-order valence-electron chi connectivity index (χ3n) is 9.53. The van der Waals surface area contributed by atoms with Crippen molar-refractivity contribution in [3.05, 3.63) is 77.1 Å². The number of aromatic nitrogens is 3. The van der Waals surface area contributed by atoms with Crippen LogP contribution in [0.2, 0.25) is 18.1 Å². The Hall–Kier alpha value is -4.40. The van der Waals surface area contributed by atoms with Gasteiger partial charge in [0.1, 0.15) is 11.9 Å². The molecule has 1 saturated carbocycles. The third kappa shape index (κ3) is 6.71. The molecular formula is C36H43FN6O3Si. The predicted octanol–water partition coefficient (Wildman–Crippen LogP) is 6.28. The molecule has 6 rings (SSSR count). The van der Waals surface area contributed by atoms with Crippen molar-refractivity contribution < 1.29 is 18.3 Å². The van der Waals surface area contributed by atoms with Gasteiger partial charge in [0.2, 0.25) is 0 Å². The van der Waals surface area contributed by atoms with Crippen LogP contribution in [0.25, 0.3) is 5.65 Å². The van der Waals surface area contributed by atoms with Crippen LogP contribution < -0.4 is 19.9 Å². The second-order valence-corrected chi connectivity index (χ2v) is 18.7. The summed E-state index contributed by atoms with van der Waals surface area (Å²) in [5.41, 5.74) is 5.88. The number of amides is 1. The second-order valence-electron chi connectivity index (χ2n) is 13.9. The van der Waals surface area contributed by atoms with Gasteiger partial charge in [0.05, 0.1) is 31.6 Å². The summed E-state index contributed by atoms with van der Waals surface area (Å²) in [5.74, 6) is 7.71. The number of alkyl halides is 1. The van der Waals surface area contributed by atoms with Crippen LogP contribution in [0.15, 0.2) is 54.7 Å². The fourth-order valence-corrected chi connectivity index (χ4v) is 6.37. The first-order valence-corrected chi connectivity index (χ1v) is 19.0. The molecule has 0 saturated heterocycles. The molecule has 2 aromatic carbocycles. The van der Waals surface area contributed by atoms with E-state index in [9.17, 15) is 9.18 Å². The molecular weight excluding hydrogens is 612 g/mol. The number of carbonyl (C=O) groups excluding carboxylic acids is 1. The van der Waals surface area contributed by atoms with Crippen LogP contribution >= 0.6 is 0 Å². The maximum atomic E-state index is 13.7. The topological polar surface area (TPSA) is 84.2 Å². The van der Waals surface area contributed by atoms with Gasteiger partial charge in [0, 0.05) is 43.9 Å². The number of benzene rings is 2. The number of rotatable bonds is 9. The first-order chi connectivity index (χ1) is 22.4. The normalized spacial score (nSPS) is 17.2. The zero-order valence-electron chi connectivity index (χ0n) is 28.2. The number of fused-ring (bicyclic) bond motifs is 2. The first kappa shape index (κ1) is 32.5. The summed E-state index contributed by atoms with van der Waals surface area (Å²) < 4.78 is 26.9. The summed E-state index contributed by atoms with van der Waals surface area (Å²) in [6.45, 7) is 12.9. The van der Waals surface area contributed by atoms with Crippen LogP contribution in [0, 0.1) is 11.8 Å². The van der Waals surface area contributed by atoms with Gasteiger partial charge in [-0.1, -0.05) is 50.8 Å². The van der Waals surface area contributed by atoms with Gasteiger partial charge >= 0.3 is 0 Å². The third-order valence-corrected chi connectivity index (χ3v) is 14.0. The Bertz CT molecular complexity index is 1860. The highest BCUT2D eigenvalue weighted by Crippen LogP contribution is 2.38. The van der Waals surface area contributed by atoms with E-state index in [1.807, 2.05) is 43.4 Å². The quantitative estimate of drug-likeness (QED) is 0.168. The lowest BCUT2D eigenvalue weighted by molar-refractivity contribution is 0.0940. The number of methoxy groups -OCH3 is 1. The molecule has 1 aliphatic carbocycles. The van der Waals surface area contributed by atoms with E-state index in [1.54, 1.807) is 11.6 Å². The average Bonchev–Trinajstić information content (AvgIpc) is 3.38. The summed E-state index contributed by atoms with van der Waals surface area (Å²) in [6, 6.07) is 15.6. The van der Waals surface area contributed by atoms with Gasteiger partial charge in [-0.15, -0.1) is 5.10 Å². The van der Waals surface area contributed by atoms with Gasteiger partial charge in [-0.3, -0.25) is 4.79 Å². The first-order valence-electron chi connectivity index (χ1n) is 16.1. The molecule has 2 atom stereocenters. The van der Waals surface area contributed by atoms with E-state index < -0.39 is 26.4 Å². The zero-order valence-corrected chi connectivity index (χ0v) is 29.2. The summed E-state index contributed by atoms with van der Waals surface area (Å²) >= 11 is 0. The van der Waals surface area contributed by atoms with E-state index in [0.717, 1.165) is 40.2 Å². The Balaban J connectivity index is 1.33. The van der Waals surface area contributed by atoms with Crippen LogP contribution in [0.1, 0.15) is 54.4 Å². The van der Waals surface area contributed by atoms with Crippen LogP contribution in [-0.4, -0.2) is 68.3 Å². The van der Waals surface area contributed by atoms with E-state index in [2.05, 4.69) is 77.9 Å². The number of nitrogens with zero attached hydrogens (tertiary/aromatic N) is 5. The molecule has 0 bridgehead atoms. The van der Waals surface area contributed by atoms with Crippen LogP contribution in [0.5, 0.6) is 5.75 Å². The van der Waals surface area contributed by atoms with E-state index in [4.69, 9.17) is 14.3 Å². The minimum absolute atomic E-state index is 0.127. The molecule has 47 heavy (non-hydrogen) atoms. The highest BCUT2D eigenvalue weighted by atomic mass is 28.4. The fraction of sp³-hybridized carbons (Fsp3) is 0.417. The van der Waals surface area contributed by atoms with E-state index >= 15 is 0 Å². The number of hydrogen-bond donors (Lipinski definition) is 1. The molecule has 0 spiro atoms. The van der Waals surface area contributed by atoms with Crippen molar-refractivity contribution in [2.45, 2.75) is 70.5 Å². The molecule has 4 aromatic rings. The summed E-state index contributed by atoms with van der Waals surface area (Å²) in [7, 11) is 1.76. The van der Waals surface area contributed by atoms with Gasteiger partial charge in [-0.25, -0.2) is 13.9 Å². The smallest absolute Gasteiger partial charge is 0.271 e. The summed E-state index contributed by atoms with van der Waals surface area (Å²) in [5, 5.41) is 7.84. The standard InChI is InChI=1S/C36H43FN6O3Si/c1-36(2,3)47(6,7)46-19-9-11-25-10-8-12-30-27(25)17-18-42(30)33-21-31(41(4)23-24-13-15-26(45-5)16-14-24)34-38-22-32(43(34)40-33)35(44)39-29-20-28(29)37/h8,10,12-16,21-22,28-29H,17-20,23H2,1-7H3,(H,39,44)/t28-,29+/m0/s1. The summed E-state index contributed by atoms with van der Waals surface area (Å²) in [4.78, 5) is 22.1. The number of carbonyl (C=O) groups is 1. The van der Waals surface area contributed by atoms with Crippen molar-refractivity contribution in [3.8, 4) is 17.6 Å². The maximum Gasteiger partial charge on any atom is 0.271 e. The Labute approximate surface area is 277 Å². The molecule has 1 aliphatic heterocycles. The van der Waals surface area contributed by atoms with E-state index in [0.29, 0.717) is 37.6 Å².